The van der Waals surface area contributed by atoms with Gasteiger partial charge in [0, 0.05) is 33.4 Å². The average molecular weight is 695 g/mol. The van der Waals surface area contributed by atoms with Gasteiger partial charge in [0.15, 0.2) is 11.5 Å². The zero-order chi connectivity index (χ0) is 28.3. The topological polar surface area (TPSA) is 42.8 Å². The van der Waals surface area contributed by atoms with Crippen LogP contribution in [0.15, 0.2) is 96.0 Å². The zero-order valence-electron chi connectivity index (χ0n) is 22.5. The first-order valence-corrected chi connectivity index (χ1v) is 15.5. The normalized spacial score (nSPS) is 19.1. The minimum absolute atomic E-state index is 0.272. The monoisotopic (exact) mass is 694 g/mol. The van der Waals surface area contributed by atoms with Gasteiger partial charge in [0.05, 0.1) is 21.9 Å². The van der Waals surface area contributed by atoms with Gasteiger partial charge in [0.25, 0.3) is 0 Å². The smallest absolute Gasteiger partial charge is 0.175 e. The van der Waals surface area contributed by atoms with Crippen molar-refractivity contribution in [1.82, 2.24) is 0 Å². The maximum absolute atomic E-state index is 6.34. The molecule has 0 bridgehead atoms. The number of benzene rings is 4. The van der Waals surface area contributed by atoms with E-state index in [4.69, 9.17) is 37.7 Å². The number of halogens is 3. The Morgan fingerprint density at radius 2 is 1.83 bits per heavy atom. The number of allylic oxidation sites excluding steroid dienone is 2. The number of anilines is 1. The SMILES string of the molecule is CCOc1cc(C=Nc2ccc([C@@H]3Nc4ccccc4[C@H]4C=CC[C@@H]43)cc2)cc(I)c1OCc1ccc(Cl)cc1Cl. The van der Waals surface area contributed by atoms with Gasteiger partial charge in [-0.3, -0.25) is 4.99 Å². The summed E-state index contributed by atoms with van der Waals surface area (Å²) in [5.41, 5.74) is 6.61. The molecule has 0 amide bonds. The zero-order valence-corrected chi connectivity index (χ0v) is 26.2. The molecule has 208 valence electrons. The van der Waals surface area contributed by atoms with Gasteiger partial charge >= 0.3 is 0 Å². The lowest BCUT2D eigenvalue weighted by atomic mass is 9.77. The number of aliphatic imine (C=N–C) groups is 1. The van der Waals surface area contributed by atoms with E-state index in [0.29, 0.717) is 46.6 Å². The van der Waals surface area contributed by atoms with Gasteiger partial charge in [-0.1, -0.05) is 71.8 Å². The van der Waals surface area contributed by atoms with Gasteiger partial charge in [-0.05, 0) is 101 Å². The summed E-state index contributed by atoms with van der Waals surface area (Å²) in [6.07, 6.45) is 7.65. The van der Waals surface area contributed by atoms with Crippen molar-refractivity contribution in [3.8, 4) is 11.5 Å². The van der Waals surface area contributed by atoms with Crippen molar-refractivity contribution < 1.29 is 9.47 Å². The van der Waals surface area contributed by atoms with E-state index in [2.05, 4.69) is 88.6 Å². The van der Waals surface area contributed by atoms with E-state index in [9.17, 15) is 0 Å². The van der Waals surface area contributed by atoms with Crippen molar-refractivity contribution in [3.63, 3.8) is 0 Å². The highest BCUT2D eigenvalue weighted by Crippen LogP contribution is 2.49. The number of para-hydroxylation sites is 1. The third kappa shape index (κ3) is 6.13. The van der Waals surface area contributed by atoms with Crippen molar-refractivity contribution in [2.75, 3.05) is 11.9 Å². The van der Waals surface area contributed by atoms with E-state index in [1.165, 1.54) is 16.8 Å². The van der Waals surface area contributed by atoms with E-state index in [1.807, 2.05) is 31.3 Å². The Morgan fingerprint density at radius 1 is 1.00 bits per heavy atom. The maximum atomic E-state index is 6.34. The number of nitrogens with zero attached hydrogens (tertiary/aromatic N) is 1. The summed E-state index contributed by atoms with van der Waals surface area (Å²) in [4.78, 5) is 4.76. The molecule has 0 saturated heterocycles. The van der Waals surface area contributed by atoms with Gasteiger partial charge in [0.1, 0.15) is 6.61 Å². The van der Waals surface area contributed by atoms with Gasteiger partial charge < -0.3 is 14.8 Å². The fourth-order valence-electron chi connectivity index (χ4n) is 5.64. The molecule has 4 aromatic carbocycles. The van der Waals surface area contributed by atoms with E-state index >= 15 is 0 Å². The van der Waals surface area contributed by atoms with Crippen molar-refractivity contribution in [1.29, 1.82) is 0 Å². The highest BCUT2D eigenvalue weighted by atomic mass is 127. The predicted molar refractivity (Wildman–Crippen MR) is 178 cm³/mol. The van der Waals surface area contributed by atoms with Crippen molar-refractivity contribution in [3.05, 3.63) is 127 Å². The molecule has 1 aliphatic heterocycles. The van der Waals surface area contributed by atoms with Crippen molar-refractivity contribution in [2.45, 2.75) is 31.9 Å². The lowest BCUT2D eigenvalue weighted by Gasteiger charge is -2.37. The van der Waals surface area contributed by atoms with Crippen molar-refractivity contribution >= 4 is 63.4 Å². The van der Waals surface area contributed by atoms with E-state index < -0.39 is 0 Å². The molecule has 0 spiro atoms. The number of fused-ring (bicyclic) bond motifs is 3. The van der Waals surface area contributed by atoms with Crippen LogP contribution in [-0.2, 0) is 6.61 Å². The van der Waals surface area contributed by atoms with Gasteiger partial charge in [-0.15, -0.1) is 0 Å². The Bertz CT molecular complexity index is 1620. The molecular formula is C34H29Cl2IN2O2. The first-order valence-electron chi connectivity index (χ1n) is 13.7. The van der Waals surface area contributed by atoms with Crippen LogP contribution in [0.1, 0.15) is 47.6 Å². The largest absolute Gasteiger partial charge is 0.490 e. The summed E-state index contributed by atoms with van der Waals surface area (Å²) in [7, 11) is 0. The van der Waals surface area contributed by atoms with Crippen LogP contribution in [0.3, 0.4) is 0 Å². The lowest BCUT2D eigenvalue weighted by molar-refractivity contribution is 0.267. The summed E-state index contributed by atoms with van der Waals surface area (Å²) < 4.78 is 13.0. The minimum atomic E-state index is 0.272. The number of hydrogen-bond donors (Lipinski definition) is 1. The first kappa shape index (κ1) is 28.1. The minimum Gasteiger partial charge on any atom is -0.490 e. The molecule has 0 aromatic heterocycles. The van der Waals surface area contributed by atoms with Crippen LogP contribution < -0.4 is 14.8 Å². The molecule has 0 saturated carbocycles. The molecule has 4 aromatic rings. The molecule has 0 fully saturated rings. The van der Waals surface area contributed by atoms with Gasteiger partial charge in [-0.25, -0.2) is 0 Å². The molecule has 6 rings (SSSR count). The summed E-state index contributed by atoms with van der Waals surface area (Å²) in [6.45, 7) is 2.79. The third-order valence-electron chi connectivity index (χ3n) is 7.61. The van der Waals surface area contributed by atoms with Crippen LogP contribution in [0.5, 0.6) is 11.5 Å². The lowest BCUT2D eigenvalue weighted by Crippen LogP contribution is -2.28. The Morgan fingerprint density at radius 3 is 2.63 bits per heavy atom. The van der Waals surface area contributed by atoms with Crippen LogP contribution in [-0.4, -0.2) is 12.8 Å². The molecule has 1 heterocycles. The second-order valence-corrected chi connectivity index (χ2v) is 12.2. The third-order valence-corrected chi connectivity index (χ3v) is 8.99. The van der Waals surface area contributed by atoms with Crippen LogP contribution in [0.2, 0.25) is 10.0 Å². The van der Waals surface area contributed by atoms with Gasteiger partial charge in [-0.2, -0.15) is 0 Å². The van der Waals surface area contributed by atoms with Gasteiger partial charge in [0.2, 0.25) is 0 Å². The molecule has 41 heavy (non-hydrogen) atoms. The van der Waals surface area contributed by atoms with Crippen LogP contribution >= 0.6 is 45.8 Å². The van der Waals surface area contributed by atoms with E-state index in [0.717, 1.165) is 26.8 Å². The molecular weight excluding hydrogens is 666 g/mol. The highest BCUT2D eigenvalue weighted by molar-refractivity contribution is 14.1. The first-order chi connectivity index (χ1) is 20.0. The fourth-order valence-corrected chi connectivity index (χ4v) is 6.89. The molecule has 1 N–H and O–H groups in total. The standard InChI is InChI=1S/C34H29Cl2IN2O2/c1-2-40-32-17-21(16-30(37)34(32)41-20-23-10-13-24(35)18-29(23)36)19-38-25-14-11-22(12-15-25)33-28-8-5-7-26(28)27-6-3-4-9-31(27)39-33/h3-7,9-19,26,28,33,39H,2,8,20H2,1H3/t26-,28+,33+/m1/s1. The fraction of sp³-hybridized carbons (Fsp3) is 0.206. The summed E-state index contributed by atoms with van der Waals surface area (Å²) in [5, 5.41) is 4.97. The molecule has 1 aliphatic carbocycles. The highest BCUT2D eigenvalue weighted by Gasteiger charge is 2.37. The van der Waals surface area contributed by atoms with Crippen LogP contribution in [0.4, 0.5) is 11.4 Å². The van der Waals surface area contributed by atoms with Crippen LogP contribution in [0.25, 0.3) is 0 Å². The molecule has 7 heteroatoms. The van der Waals surface area contributed by atoms with E-state index in [-0.39, 0.29) is 6.04 Å². The predicted octanol–water partition coefficient (Wildman–Crippen LogP) is 10.2. The average Bonchev–Trinajstić information content (AvgIpc) is 3.47. The Balaban J connectivity index is 1.18. The van der Waals surface area contributed by atoms with Crippen LogP contribution in [0, 0.1) is 9.49 Å². The van der Waals surface area contributed by atoms with E-state index in [1.54, 1.807) is 12.1 Å². The number of rotatable bonds is 8. The number of nitrogens with one attached hydrogen (secondary N) is 1. The quantitative estimate of drug-likeness (QED) is 0.113. The second kappa shape index (κ2) is 12.5. The molecule has 4 nitrogen and oxygen atoms in total. The number of hydrogen-bond acceptors (Lipinski definition) is 4. The summed E-state index contributed by atoms with van der Waals surface area (Å²) in [5.74, 6) is 2.34. The second-order valence-electron chi connectivity index (χ2n) is 10.2. The molecule has 0 unspecified atom stereocenters. The Labute approximate surface area is 264 Å². The summed E-state index contributed by atoms with van der Waals surface area (Å²) in [6, 6.07) is 26.9. The van der Waals surface area contributed by atoms with Crippen molar-refractivity contribution in [2.24, 2.45) is 10.9 Å². The Hall–Kier alpha value is -3.00. The summed E-state index contributed by atoms with van der Waals surface area (Å²) >= 11 is 14.6. The number of ether oxygens (including phenoxy) is 2. The molecule has 3 atom stereocenters. The Kier molecular flexibility index (Phi) is 8.56. The molecule has 2 aliphatic rings. The molecule has 0 radical (unpaired) electrons. The maximum Gasteiger partial charge on any atom is 0.175 e.